The molecule has 32 heavy (non-hydrogen) atoms. The Kier molecular flexibility index (Phi) is 5.15. The number of benzene rings is 3. The maximum Gasteiger partial charge on any atom is 0.322 e. The number of amides is 2. The summed E-state index contributed by atoms with van der Waals surface area (Å²) in [6.07, 6.45) is 2.07. The summed E-state index contributed by atoms with van der Waals surface area (Å²) in [5.74, 6) is 0.702. The van der Waals surface area contributed by atoms with Crippen molar-refractivity contribution in [2.45, 2.75) is 19.5 Å². The zero-order chi connectivity index (χ0) is 22.1. The number of ether oxygens (including phenoxy) is 1. The second-order valence-corrected chi connectivity index (χ2v) is 7.98. The number of fused-ring (bicyclic) bond motifs is 3. The molecule has 1 aromatic heterocycles. The summed E-state index contributed by atoms with van der Waals surface area (Å²) >= 11 is 0. The lowest BCUT2D eigenvalue weighted by molar-refractivity contribution is 0.194. The fourth-order valence-electron chi connectivity index (χ4n) is 4.46. The summed E-state index contributed by atoms with van der Waals surface area (Å²) in [4.78, 5) is 15.6. The molecule has 4 aromatic rings. The van der Waals surface area contributed by atoms with Crippen LogP contribution in [-0.4, -0.2) is 22.6 Å². The highest BCUT2D eigenvalue weighted by Crippen LogP contribution is 2.38. The Balaban J connectivity index is 1.63. The zero-order valence-corrected chi connectivity index (χ0v) is 18.2. The number of nitrogens with one attached hydrogen (secondary N) is 1. The van der Waals surface area contributed by atoms with Gasteiger partial charge < -0.3 is 19.5 Å². The van der Waals surface area contributed by atoms with Crippen LogP contribution in [0.1, 0.15) is 28.4 Å². The van der Waals surface area contributed by atoms with Crippen LogP contribution in [-0.2, 0) is 6.54 Å². The molecule has 2 heterocycles. The maximum absolute atomic E-state index is 13.7. The van der Waals surface area contributed by atoms with Gasteiger partial charge in [-0.25, -0.2) is 4.79 Å². The van der Waals surface area contributed by atoms with E-state index in [-0.39, 0.29) is 12.1 Å². The molecule has 2 amide bonds. The molecule has 1 unspecified atom stereocenters. The van der Waals surface area contributed by atoms with Crippen LogP contribution >= 0.6 is 0 Å². The van der Waals surface area contributed by atoms with E-state index < -0.39 is 0 Å². The Morgan fingerprint density at radius 1 is 0.969 bits per heavy atom. The van der Waals surface area contributed by atoms with Crippen LogP contribution < -0.4 is 10.1 Å². The van der Waals surface area contributed by atoms with Crippen LogP contribution in [0.5, 0.6) is 5.75 Å². The van der Waals surface area contributed by atoms with E-state index in [0.717, 1.165) is 28.1 Å². The Bertz CT molecular complexity index is 1280. The monoisotopic (exact) mass is 423 g/mol. The fraction of sp³-hybridized carbons (Fsp3) is 0.148. The van der Waals surface area contributed by atoms with Gasteiger partial charge in [-0.1, -0.05) is 48.5 Å². The molecular weight excluding hydrogens is 398 g/mol. The summed E-state index contributed by atoms with van der Waals surface area (Å²) in [6, 6.07) is 27.7. The minimum Gasteiger partial charge on any atom is -0.497 e. The molecule has 1 N–H and O–H groups in total. The van der Waals surface area contributed by atoms with Gasteiger partial charge in [0.05, 0.1) is 19.3 Å². The van der Waals surface area contributed by atoms with Gasteiger partial charge in [0.2, 0.25) is 0 Å². The van der Waals surface area contributed by atoms with Crippen LogP contribution in [0.25, 0.3) is 5.69 Å². The average Bonchev–Trinajstić information content (AvgIpc) is 3.24. The molecular formula is C27H25N3O2. The molecule has 160 valence electrons. The lowest BCUT2D eigenvalue weighted by atomic mass is 9.97. The maximum atomic E-state index is 13.7. The SMILES string of the molecule is COc1cccc(NC(=O)N2Cc3ccccc3-n3cccc3C2c2ccccc2C)c1. The van der Waals surface area contributed by atoms with Crippen molar-refractivity contribution in [2.75, 3.05) is 12.4 Å². The predicted molar refractivity (Wildman–Crippen MR) is 126 cm³/mol. The number of hydrogen-bond acceptors (Lipinski definition) is 2. The second-order valence-electron chi connectivity index (χ2n) is 7.98. The zero-order valence-electron chi connectivity index (χ0n) is 18.2. The van der Waals surface area contributed by atoms with Gasteiger partial charge in [-0.05, 0) is 53.9 Å². The molecule has 0 spiro atoms. The minimum atomic E-state index is -0.232. The third-order valence-corrected chi connectivity index (χ3v) is 6.03. The topological polar surface area (TPSA) is 46.5 Å². The van der Waals surface area contributed by atoms with Crippen molar-refractivity contribution in [3.63, 3.8) is 0 Å². The lowest BCUT2D eigenvalue weighted by Gasteiger charge is -2.32. The Morgan fingerprint density at radius 2 is 1.78 bits per heavy atom. The van der Waals surface area contributed by atoms with E-state index in [1.54, 1.807) is 7.11 Å². The van der Waals surface area contributed by atoms with Gasteiger partial charge in [-0.2, -0.15) is 0 Å². The number of nitrogens with zero attached hydrogens (tertiary/aromatic N) is 2. The quantitative estimate of drug-likeness (QED) is 0.444. The number of carbonyl (C=O) groups is 1. The van der Waals surface area contributed by atoms with Crippen LogP contribution in [0.3, 0.4) is 0 Å². The normalized spacial score (nSPS) is 14.8. The minimum absolute atomic E-state index is 0.157. The molecule has 5 rings (SSSR count). The van der Waals surface area contributed by atoms with Crippen LogP contribution in [0.15, 0.2) is 91.1 Å². The van der Waals surface area contributed by atoms with E-state index in [4.69, 9.17) is 4.74 Å². The van der Waals surface area contributed by atoms with Gasteiger partial charge in [-0.3, -0.25) is 0 Å². The van der Waals surface area contributed by atoms with Crippen molar-refractivity contribution < 1.29 is 9.53 Å². The molecule has 1 aliphatic rings. The van der Waals surface area contributed by atoms with Crippen LogP contribution in [0.2, 0.25) is 0 Å². The number of aryl methyl sites for hydroxylation is 1. The summed E-state index contributed by atoms with van der Waals surface area (Å²) in [6.45, 7) is 2.59. The van der Waals surface area contributed by atoms with Crippen LogP contribution in [0, 0.1) is 6.92 Å². The van der Waals surface area contributed by atoms with Crippen molar-refractivity contribution in [1.29, 1.82) is 0 Å². The number of urea groups is 1. The molecule has 1 aliphatic heterocycles. The first-order chi connectivity index (χ1) is 15.7. The van der Waals surface area contributed by atoms with Gasteiger partial charge in [0, 0.05) is 23.6 Å². The highest BCUT2D eigenvalue weighted by Gasteiger charge is 2.33. The molecule has 3 aromatic carbocycles. The Hall–Kier alpha value is -3.99. The first-order valence-electron chi connectivity index (χ1n) is 10.7. The fourth-order valence-corrected chi connectivity index (χ4v) is 4.46. The molecule has 0 fully saturated rings. The Morgan fingerprint density at radius 3 is 2.62 bits per heavy atom. The van der Waals surface area contributed by atoms with E-state index >= 15 is 0 Å². The Labute approximate surface area is 187 Å². The standard InChI is InChI=1S/C27H25N3O2/c1-19-9-3-5-13-23(19)26-25-15-8-16-29(25)24-14-6-4-10-20(24)18-30(26)27(31)28-21-11-7-12-22(17-21)32-2/h3-17,26H,18H2,1-2H3,(H,28,31). The molecule has 0 saturated heterocycles. The van der Waals surface area contributed by atoms with Crippen molar-refractivity contribution in [3.05, 3.63) is 114 Å². The second kappa shape index (κ2) is 8.27. The summed E-state index contributed by atoms with van der Waals surface area (Å²) < 4.78 is 7.52. The number of carbonyl (C=O) groups excluding carboxylic acids is 1. The largest absolute Gasteiger partial charge is 0.497 e. The number of methoxy groups -OCH3 is 1. The van der Waals surface area contributed by atoms with Crippen molar-refractivity contribution >= 4 is 11.7 Å². The van der Waals surface area contributed by atoms with Gasteiger partial charge >= 0.3 is 6.03 Å². The van der Waals surface area contributed by atoms with Crippen LogP contribution in [0.4, 0.5) is 10.5 Å². The van der Waals surface area contributed by atoms with Gasteiger partial charge in [0.15, 0.2) is 0 Å². The molecule has 5 nitrogen and oxygen atoms in total. The number of aromatic nitrogens is 1. The third-order valence-electron chi connectivity index (χ3n) is 6.03. The highest BCUT2D eigenvalue weighted by molar-refractivity contribution is 5.90. The van der Waals surface area contributed by atoms with Gasteiger partial charge in [0.25, 0.3) is 0 Å². The number of hydrogen-bond donors (Lipinski definition) is 1. The van der Waals surface area contributed by atoms with E-state index in [1.165, 1.54) is 0 Å². The van der Waals surface area contributed by atoms with Crippen molar-refractivity contribution in [2.24, 2.45) is 0 Å². The molecule has 0 saturated carbocycles. The molecule has 0 aliphatic carbocycles. The number of rotatable bonds is 3. The predicted octanol–water partition coefficient (Wildman–Crippen LogP) is 5.93. The number of para-hydroxylation sites is 1. The summed E-state index contributed by atoms with van der Waals surface area (Å²) in [7, 11) is 1.62. The molecule has 0 radical (unpaired) electrons. The summed E-state index contributed by atoms with van der Waals surface area (Å²) in [5.41, 5.74) is 6.22. The van der Waals surface area contributed by atoms with E-state index in [9.17, 15) is 4.79 Å². The van der Waals surface area contributed by atoms with E-state index in [2.05, 4.69) is 53.3 Å². The molecule has 1 atom stereocenters. The summed E-state index contributed by atoms with van der Waals surface area (Å²) in [5, 5.41) is 3.08. The molecule has 5 heteroatoms. The van der Waals surface area contributed by atoms with Gasteiger partial charge in [0.1, 0.15) is 11.8 Å². The lowest BCUT2D eigenvalue weighted by Crippen LogP contribution is -2.38. The average molecular weight is 424 g/mol. The van der Waals surface area contributed by atoms with E-state index in [0.29, 0.717) is 18.0 Å². The van der Waals surface area contributed by atoms with E-state index in [1.807, 2.05) is 59.5 Å². The highest BCUT2D eigenvalue weighted by atomic mass is 16.5. The van der Waals surface area contributed by atoms with Crippen molar-refractivity contribution in [1.82, 2.24) is 9.47 Å². The van der Waals surface area contributed by atoms with Gasteiger partial charge in [-0.15, -0.1) is 0 Å². The first kappa shape index (κ1) is 19.9. The third kappa shape index (κ3) is 3.52. The number of anilines is 1. The smallest absolute Gasteiger partial charge is 0.322 e. The first-order valence-corrected chi connectivity index (χ1v) is 10.7. The van der Waals surface area contributed by atoms with Crippen molar-refractivity contribution in [3.8, 4) is 11.4 Å². The molecule has 0 bridgehead atoms.